The van der Waals surface area contributed by atoms with E-state index < -0.39 is 0 Å². The summed E-state index contributed by atoms with van der Waals surface area (Å²) in [6.45, 7) is 8.44. The van der Waals surface area contributed by atoms with E-state index in [0.717, 1.165) is 54.7 Å². The molecule has 0 atom stereocenters. The van der Waals surface area contributed by atoms with Gasteiger partial charge in [0.15, 0.2) is 5.96 Å². The number of nitrogens with one attached hydrogen (secondary N) is 2. The summed E-state index contributed by atoms with van der Waals surface area (Å²) in [5.74, 6) is 0.619. The number of hydrogen-bond donors (Lipinski definition) is 2. The van der Waals surface area contributed by atoms with Crippen LogP contribution in [0.15, 0.2) is 29.3 Å². The topological polar surface area (TPSA) is 49.3 Å². The zero-order valence-electron chi connectivity index (χ0n) is 14.9. The Morgan fingerprint density at radius 2 is 1.88 bits per heavy atom. The van der Waals surface area contributed by atoms with E-state index in [0.29, 0.717) is 0 Å². The van der Waals surface area contributed by atoms with Crippen LogP contribution in [0.3, 0.4) is 0 Å². The van der Waals surface area contributed by atoms with Crippen LogP contribution in [-0.2, 0) is 12.8 Å². The van der Waals surface area contributed by atoms with E-state index in [4.69, 9.17) is 0 Å². The highest BCUT2D eigenvalue weighted by molar-refractivity contribution is 14.0. The Labute approximate surface area is 170 Å². The molecule has 0 aliphatic heterocycles. The number of aromatic nitrogens is 1. The minimum atomic E-state index is -0.199. The van der Waals surface area contributed by atoms with E-state index in [9.17, 15) is 4.39 Å². The highest BCUT2D eigenvalue weighted by atomic mass is 127. The second-order valence-electron chi connectivity index (χ2n) is 5.56. The van der Waals surface area contributed by atoms with Crippen LogP contribution in [-0.4, -0.2) is 30.6 Å². The number of guanidine groups is 1. The van der Waals surface area contributed by atoms with E-state index in [1.807, 2.05) is 26.0 Å². The summed E-state index contributed by atoms with van der Waals surface area (Å²) >= 11 is 1.74. The number of halogens is 2. The first-order valence-corrected chi connectivity index (χ1v) is 9.09. The van der Waals surface area contributed by atoms with Crippen molar-refractivity contribution in [3.63, 3.8) is 0 Å². The minimum Gasteiger partial charge on any atom is -0.357 e. The van der Waals surface area contributed by atoms with Gasteiger partial charge >= 0.3 is 0 Å². The molecule has 0 spiro atoms. The summed E-state index contributed by atoms with van der Waals surface area (Å²) < 4.78 is 12.9. The lowest BCUT2D eigenvalue weighted by molar-refractivity contribution is 0.626. The number of nitrogens with zero attached hydrogens (tertiary/aromatic N) is 2. The fourth-order valence-corrected chi connectivity index (χ4v) is 3.32. The number of aryl methyl sites for hydroxylation is 2. The number of hydrogen-bond acceptors (Lipinski definition) is 3. The first-order valence-electron chi connectivity index (χ1n) is 8.28. The smallest absolute Gasteiger partial charge is 0.191 e. The quantitative estimate of drug-likeness (QED) is 0.363. The Kier molecular flexibility index (Phi) is 9.96. The molecule has 0 aliphatic rings. The molecular weight excluding hydrogens is 450 g/mol. The molecule has 0 bridgehead atoms. The summed E-state index contributed by atoms with van der Waals surface area (Å²) in [5.41, 5.74) is 2.22. The Morgan fingerprint density at radius 1 is 1.16 bits per heavy atom. The molecule has 25 heavy (non-hydrogen) atoms. The average molecular weight is 476 g/mol. The maximum atomic E-state index is 12.9. The fourth-order valence-electron chi connectivity index (χ4n) is 2.39. The van der Waals surface area contributed by atoms with E-state index in [2.05, 4.69) is 27.5 Å². The third-order valence-electron chi connectivity index (χ3n) is 3.57. The molecule has 0 aliphatic carbocycles. The second kappa shape index (κ2) is 11.4. The molecule has 2 rings (SSSR count). The average Bonchev–Trinajstić information content (AvgIpc) is 2.87. The lowest BCUT2D eigenvalue weighted by atomic mass is 10.1. The van der Waals surface area contributed by atoms with Crippen molar-refractivity contribution in [1.29, 1.82) is 0 Å². The van der Waals surface area contributed by atoms with Crippen molar-refractivity contribution in [1.82, 2.24) is 15.6 Å². The number of rotatable bonds is 7. The predicted molar refractivity (Wildman–Crippen MR) is 115 cm³/mol. The van der Waals surface area contributed by atoms with Gasteiger partial charge in [0, 0.05) is 30.9 Å². The summed E-state index contributed by atoms with van der Waals surface area (Å²) in [6.07, 6.45) is 1.74. The monoisotopic (exact) mass is 476 g/mol. The fraction of sp³-hybridized carbons (Fsp3) is 0.444. The Morgan fingerprint density at radius 3 is 2.48 bits per heavy atom. The van der Waals surface area contributed by atoms with Crippen molar-refractivity contribution in [2.24, 2.45) is 4.99 Å². The van der Waals surface area contributed by atoms with Gasteiger partial charge in [-0.1, -0.05) is 12.1 Å². The molecule has 1 heterocycles. The van der Waals surface area contributed by atoms with Gasteiger partial charge in [-0.25, -0.2) is 9.37 Å². The third-order valence-corrected chi connectivity index (χ3v) is 4.70. The van der Waals surface area contributed by atoms with Crippen molar-refractivity contribution >= 4 is 41.3 Å². The third kappa shape index (κ3) is 7.68. The zero-order valence-corrected chi connectivity index (χ0v) is 18.1. The van der Waals surface area contributed by atoms with Gasteiger partial charge in [0.1, 0.15) is 5.82 Å². The molecule has 0 saturated carbocycles. The van der Waals surface area contributed by atoms with Crippen LogP contribution in [0.2, 0.25) is 0 Å². The standard InChI is InChI=1S/C18H25FN4S.HI/c1-4-20-18(21-11-9-15-5-7-16(19)8-6-15)22-12-10-17-13(2)23-14(3)24-17;/h5-8H,4,9-12H2,1-3H3,(H2,20,21,22);1H. The molecule has 2 aromatic rings. The van der Waals surface area contributed by atoms with Crippen LogP contribution >= 0.6 is 35.3 Å². The highest BCUT2D eigenvalue weighted by Gasteiger charge is 2.04. The second-order valence-corrected chi connectivity index (χ2v) is 6.84. The van der Waals surface area contributed by atoms with Gasteiger partial charge < -0.3 is 10.6 Å². The van der Waals surface area contributed by atoms with Gasteiger partial charge in [-0.2, -0.15) is 0 Å². The van der Waals surface area contributed by atoms with Crippen LogP contribution in [0, 0.1) is 19.7 Å². The molecule has 138 valence electrons. The minimum absolute atomic E-state index is 0. The summed E-state index contributed by atoms with van der Waals surface area (Å²) in [4.78, 5) is 10.4. The summed E-state index contributed by atoms with van der Waals surface area (Å²) in [6, 6.07) is 6.62. The number of benzene rings is 1. The normalized spacial score (nSPS) is 11.1. The maximum absolute atomic E-state index is 12.9. The zero-order chi connectivity index (χ0) is 17.4. The van der Waals surface area contributed by atoms with Crippen molar-refractivity contribution in [2.75, 3.05) is 19.6 Å². The van der Waals surface area contributed by atoms with Gasteiger partial charge in [-0.15, -0.1) is 35.3 Å². The van der Waals surface area contributed by atoms with Crippen molar-refractivity contribution < 1.29 is 4.39 Å². The number of aliphatic imine (C=N–C) groups is 1. The Balaban J connectivity index is 0.00000312. The van der Waals surface area contributed by atoms with Crippen LogP contribution < -0.4 is 10.6 Å². The molecule has 2 N–H and O–H groups in total. The Bertz CT molecular complexity index is 670. The predicted octanol–water partition coefficient (Wildman–Crippen LogP) is 3.86. The van der Waals surface area contributed by atoms with Crippen molar-refractivity contribution in [3.05, 3.63) is 51.2 Å². The lowest BCUT2D eigenvalue weighted by Gasteiger charge is -2.11. The first kappa shape index (κ1) is 21.8. The van der Waals surface area contributed by atoms with E-state index in [1.54, 1.807) is 11.3 Å². The molecule has 0 fully saturated rings. The molecule has 1 aromatic heterocycles. The van der Waals surface area contributed by atoms with E-state index >= 15 is 0 Å². The van der Waals surface area contributed by atoms with Crippen molar-refractivity contribution in [2.45, 2.75) is 33.6 Å². The van der Waals surface area contributed by atoms with Crippen molar-refractivity contribution in [3.8, 4) is 0 Å². The number of thiazole rings is 1. The summed E-state index contributed by atoms with van der Waals surface area (Å²) in [7, 11) is 0. The SMILES string of the molecule is CCNC(=NCCc1sc(C)nc1C)NCCc1ccc(F)cc1.I. The van der Waals surface area contributed by atoms with E-state index in [-0.39, 0.29) is 29.8 Å². The Hall–Kier alpha value is -1.22. The molecule has 1 aromatic carbocycles. The van der Waals surface area contributed by atoms with Gasteiger partial charge in [-0.05, 0) is 44.9 Å². The highest BCUT2D eigenvalue weighted by Crippen LogP contribution is 2.17. The molecular formula is C18H26FIN4S. The van der Waals surface area contributed by atoms with Gasteiger partial charge in [0.05, 0.1) is 10.7 Å². The maximum Gasteiger partial charge on any atom is 0.191 e. The van der Waals surface area contributed by atoms with Gasteiger partial charge in [0.25, 0.3) is 0 Å². The van der Waals surface area contributed by atoms with Crippen LogP contribution in [0.4, 0.5) is 4.39 Å². The van der Waals surface area contributed by atoms with Gasteiger partial charge in [-0.3, -0.25) is 4.99 Å². The molecule has 4 nitrogen and oxygen atoms in total. The molecule has 0 amide bonds. The molecule has 0 saturated heterocycles. The lowest BCUT2D eigenvalue weighted by Crippen LogP contribution is -2.38. The van der Waals surface area contributed by atoms with Gasteiger partial charge in [0.2, 0.25) is 0 Å². The van der Waals surface area contributed by atoms with Crippen LogP contribution in [0.5, 0.6) is 0 Å². The van der Waals surface area contributed by atoms with Crippen LogP contribution in [0.1, 0.15) is 28.1 Å². The van der Waals surface area contributed by atoms with Crippen LogP contribution in [0.25, 0.3) is 0 Å². The summed E-state index contributed by atoms with van der Waals surface area (Å²) in [5, 5.41) is 7.68. The van der Waals surface area contributed by atoms with E-state index in [1.165, 1.54) is 17.0 Å². The molecule has 7 heteroatoms. The molecule has 0 unspecified atom stereocenters. The largest absolute Gasteiger partial charge is 0.357 e. The molecule has 0 radical (unpaired) electrons. The first-order chi connectivity index (χ1) is 11.6.